The Morgan fingerprint density at radius 3 is 2.65 bits per heavy atom. The standard InChI is InChI=1S/C15H17NO/c1-2-17-15-9-7-14(8-10-15)13-5-3-12(11-16)4-6-13/h3,7-10,13H,2,4-6H2,1H3. The molecular formula is C15H17NO. The zero-order chi connectivity index (χ0) is 12.1. The van der Waals surface area contributed by atoms with E-state index in [2.05, 4.69) is 24.3 Å². The van der Waals surface area contributed by atoms with Crippen LogP contribution in [-0.2, 0) is 0 Å². The maximum atomic E-state index is 8.81. The van der Waals surface area contributed by atoms with Crippen LogP contribution < -0.4 is 4.74 Å². The van der Waals surface area contributed by atoms with Gasteiger partial charge in [-0.25, -0.2) is 0 Å². The first-order valence-corrected chi connectivity index (χ1v) is 6.15. The van der Waals surface area contributed by atoms with E-state index in [1.807, 2.05) is 19.1 Å². The predicted octanol–water partition coefficient (Wildman–Crippen LogP) is 3.80. The third-order valence-electron chi connectivity index (χ3n) is 3.22. The summed E-state index contributed by atoms with van der Waals surface area (Å²) in [5.74, 6) is 1.49. The van der Waals surface area contributed by atoms with Crippen LogP contribution in [0.5, 0.6) is 5.75 Å². The van der Waals surface area contributed by atoms with Crippen LogP contribution in [-0.4, -0.2) is 6.61 Å². The van der Waals surface area contributed by atoms with Crippen molar-refractivity contribution in [2.24, 2.45) is 0 Å². The molecule has 0 spiro atoms. The average molecular weight is 227 g/mol. The second-order valence-electron chi connectivity index (χ2n) is 4.31. The fraction of sp³-hybridized carbons (Fsp3) is 0.400. The molecule has 2 rings (SSSR count). The van der Waals surface area contributed by atoms with E-state index in [1.165, 1.54) is 5.56 Å². The maximum absolute atomic E-state index is 8.81. The molecule has 88 valence electrons. The van der Waals surface area contributed by atoms with Gasteiger partial charge < -0.3 is 4.74 Å². The average Bonchev–Trinajstić information content (AvgIpc) is 2.40. The highest BCUT2D eigenvalue weighted by atomic mass is 16.5. The summed E-state index contributed by atoms with van der Waals surface area (Å²) in [6.07, 6.45) is 5.04. The second-order valence-corrected chi connectivity index (χ2v) is 4.31. The first-order chi connectivity index (χ1) is 8.33. The number of hydrogen-bond acceptors (Lipinski definition) is 2. The molecule has 1 unspecified atom stereocenters. The lowest BCUT2D eigenvalue weighted by Gasteiger charge is -2.20. The molecule has 0 aliphatic heterocycles. The second kappa shape index (κ2) is 5.54. The van der Waals surface area contributed by atoms with Gasteiger partial charge in [-0.1, -0.05) is 18.2 Å². The highest BCUT2D eigenvalue weighted by Gasteiger charge is 2.15. The van der Waals surface area contributed by atoms with Crippen LogP contribution in [0.25, 0.3) is 0 Å². The van der Waals surface area contributed by atoms with Crippen LogP contribution >= 0.6 is 0 Å². The highest BCUT2D eigenvalue weighted by Crippen LogP contribution is 2.32. The van der Waals surface area contributed by atoms with E-state index in [9.17, 15) is 0 Å². The van der Waals surface area contributed by atoms with Gasteiger partial charge in [0.05, 0.1) is 12.7 Å². The van der Waals surface area contributed by atoms with Crippen LogP contribution in [0, 0.1) is 11.3 Å². The van der Waals surface area contributed by atoms with E-state index in [4.69, 9.17) is 10.00 Å². The molecule has 0 fully saturated rings. The molecule has 0 N–H and O–H groups in total. The molecule has 2 nitrogen and oxygen atoms in total. The van der Waals surface area contributed by atoms with Crippen molar-refractivity contribution in [1.29, 1.82) is 5.26 Å². The molecule has 0 radical (unpaired) electrons. The lowest BCUT2D eigenvalue weighted by Crippen LogP contribution is -2.03. The molecule has 1 aliphatic rings. The van der Waals surface area contributed by atoms with Crippen molar-refractivity contribution < 1.29 is 4.74 Å². The van der Waals surface area contributed by atoms with E-state index < -0.39 is 0 Å². The van der Waals surface area contributed by atoms with Gasteiger partial charge in [0.15, 0.2) is 0 Å². The van der Waals surface area contributed by atoms with Crippen molar-refractivity contribution in [3.8, 4) is 11.8 Å². The van der Waals surface area contributed by atoms with E-state index in [0.29, 0.717) is 12.5 Å². The summed E-state index contributed by atoms with van der Waals surface area (Å²) in [6, 6.07) is 10.6. The fourth-order valence-electron chi connectivity index (χ4n) is 2.24. The number of nitrogens with zero attached hydrogens (tertiary/aromatic N) is 1. The number of hydrogen-bond donors (Lipinski definition) is 0. The van der Waals surface area contributed by atoms with Crippen LogP contribution in [0.2, 0.25) is 0 Å². The Balaban J connectivity index is 2.04. The lowest BCUT2D eigenvalue weighted by atomic mass is 9.85. The van der Waals surface area contributed by atoms with Crippen LogP contribution in [0.4, 0.5) is 0 Å². The Bertz CT molecular complexity index is 439. The summed E-state index contributed by atoms with van der Waals surface area (Å²) in [5, 5.41) is 8.81. The SMILES string of the molecule is CCOc1ccc(C2CC=C(C#N)CC2)cc1. The number of benzene rings is 1. The quantitative estimate of drug-likeness (QED) is 0.786. The summed E-state index contributed by atoms with van der Waals surface area (Å²) in [4.78, 5) is 0. The lowest BCUT2D eigenvalue weighted by molar-refractivity contribution is 0.340. The zero-order valence-electron chi connectivity index (χ0n) is 10.1. The van der Waals surface area contributed by atoms with Gasteiger partial charge in [-0.05, 0) is 49.8 Å². The molecule has 0 aromatic heterocycles. The smallest absolute Gasteiger partial charge is 0.119 e. The van der Waals surface area contributed by atoms with Crippen molar-refractivity contribution in [3.05, 3.63) is 41.5 Å². The number of nitriles is 1. The Morgan fingerprint density at radius 1 is 1.35 bits per heavy atom. The highest BCUT2D eigenvalue weighted by molar-refractivity contribution is 5.32. The molecular weight excluding hydrogens is 210 g/mol. The van der Waals surface area contributed by atoms with Crippen LogP contribution in [0.15, 0.2) is 35.9 Å². The minimum Gasteiger partial charge on any atom is -0.494 e. The van der Waals surface area contributed by atoms with E-state index in [-0.39, 0.29) is 0 Å². The van der Waals surface area contributed by atoms with Gasteiger partial charge in [0.2, 0.25) is 0 Å². The van der Waals surface area contributed by atoms with Gasteiger partial charge in [-0.3, -0.25) is 0 Å². The van der Waals surface area contributed by atoms with Crippen molar-refractivity contribution in [2.45, 2.75) is 32.1 Å². The van der Waals surface area contributed by atoms with Crippen LogP contribution in [0.1, 0.15) is 37.7 Å². The molecule has 1 aromatic carbocycles. The van der Waals surface area contributed by atoms with E-state index >= 15 is 0 Å². The Kier molecular flexibility index (Phi) is 3.82. The summed E-state index contributed by atoms with van der Waals surface area (Å²) in [7, 11) is 0. The summed E-state index contributed by atoms with van der Waals surface area (Å²) in [5.41, 5.74) is 2.29. The normalized spacial score (nSPS) is 19.3. The van der Waals surface area contributed by atoms with Crippen molar-refractivity contribution in [2.75, 3.05) is 6.61 Å². The van der Waals surface area contributed by atoms with Gasteiger partial charge in [0.1, 0.15) is 5.75 Å². The molecule has 0 amide bonds. The Morgan fingerprint density at radius 2 is 2.12 bits per heavy atom. The van der Waals surface area contributed by atoms with Crippen molar-refractivity contribution >= 4 is 0 Å². The minimum absolute atomic E-state index is 0.558. The van der Waals surface area contributed by atoms with Gasteiger partial charge >= 0.3 is 0 Å². The maximum Gasteiger partial charge on any atom is 0.119 e. The molecule has 0 bridgehead atoms. The summed E-state index contributed by atoms with van der Waals surface area (Å²) in [6.45, 7) is 2.69. The topological polar surface area (TPSA) is 33.0 Å². The largest absolute Gasteiger partial charge is 0.494 e. The van der Waals surface area contributed by atoms with E-state index in [0.717, 1.165) is 30.6 Å². The number of rotatable bonds is 3. The molecule has 0 saturated carbocycles. The number of ether oxygens (including phenoxy) is 1. The summed E-state index contributed by atoms with van der Waals surface area (Å²) >= 11 is 0. The molecule has 1 aliphatic carbocycles. The molecule has 0 saturated heterocycles. The van der Waals surface area contributed by atoms with Gasteiger partial charge in [-0.2, -0.15) is 5.26 Å². The van der Waals surface area contributed by atoms with Crippen LogP contribution in [0.3, 0.4) is 0 Å². The third-order valence-corrected chi connectivity index (χ3v) is 3.22. The van der Waals surface area contributed by atoms with Gasteiger partial charge in [-0.15, -0.1) is 0 Å². The van der Waals surface area contributed by atoms with Gasteiger partial charge in [0.25, 0.3) is 0 Å². The molecule has 1 atom stereocenters. The van der Waals surface area contributed by atoms with Gasteiger partial charge in [0, 0.05) is 5.57 Å². The predicted molar refractivity (Wildman–Crippen MR) is 67.9 cm³/mol. The van der Waals surface area contributed by atoms with Crippen molar-refractivity contribution in [3.63, 3.8) is 0 Å². The molecule has 0 heterocycles. The first kappa shape index (κ1) is 11.7. The fourth-order valence-corrected chi connectivity index (χ4v) is 2.24. The minimum atomic E-state index is 0.558. The zero-order valence-corrected chi connectivity index (χ0v) is 10.1. The Labute approximate surface area is 103 Å². The Hall–Kier alpha value is -1.75. The van der Waals surface area contributed by atoms with E-state index in [1.54, 1.807) is 0 Å². The molecule has 1 aromatic rings. The monoisotopic (exact) mass is 227 g/mol. The molecule has 2 heteroatoms. The first-order valence-electron chi connectivity index (χ1n) is 6.15. The summed E-state index contributed by atoms with van der Waals surface area (Å²) < 4.78 is 5.43. The number of allylic oxidation sites excluding steroid dienone is 2. The van der Waals surface area contributed by atoms with Crippen molar-refractivity contribution in [1.82, 2.24) is 0 Å². The molecule has 17 heavy (non-hydrogen) atoms. The third kappa shape index (κ3) is 2.88.